The second kappa shape index (κ2) is 10.8. The van der Waals surface area contributed by atoms with Gasteiger partial charge in [0.15, 0.2) is 5.96 Å². The normalized spacial score (nSPS) is 11.0. The second-order valence-corrected chi connectivity index (χ2v) is 5.75. The lowest BCUT2D eigenvalue weighted by Gasteiger charge is -2.11. The molecular weight excluding hydrogens is 460 g/mol. The van der Waals surface area contributed by atoms with E-state index in [2.05, 4.69) is 10.3 Å². The molecule has 0 radical (unpaired) electrons. The molecule has 2 aromatic carbocycles. The van der Waals surface area contributed by atoms with Crippen LogP contribution in [0.15, 0.2) is 47.5 Å². The zero-order chi connectivity index (χ0) is 16.7. The van der Waals surface area contributed by atoms with Crippen LogP contribution in [0.4, 0.5) is 5.69 Å². The number of anilines is 1. The molecule has 0 aromatic heterocycles. The van der Waals surface area contributed by atoms with Crippen LogP contribution in [-0.2, 0) is 17.8 Å². The van der Waals surface area contributed by atoms with Crippen LogP contribution in [0.5, 0.6) is 0 Å². The molecule has 0 aliphatic carbocycles. The summed E-state index contributed by atoms with van der Waals surface area (Å²) in [6.07, 6.45) is 0.626. The number of nitrogens with one attached hydrogen (secondary N) is 1. The van der Waals surface area contributed by atoms with Crippen molar-refractivity contribution in [3.05, 3.63) is 63.6 Å². The van der Waals surface area contributed by atoms with Crippen molar-refractivity contribution in [2.24, 2.45) is 10.7 Å². The number of ether oxygens (including phenoxy) is 1. The lowest BCUT2D eigenvalue weighted by Crippen LogP contribution is -2.23. The van der Waals surface area contributed by atoms with E-state index in [0.717, 1.165) is 16.8 Å². The highest BCUT2D eigenvalue weighted by molar-refractivity contribution is 14.0. The van der Waals surface area contributed by atoms with Gasteiger partial charge in [0.05, 0.1) is 6.61 Å². The minimum Gasteiger partial charge on any atom is -0.380 e. The molecule has 0 heterocycles. The Kier molecular flexibility index (Phi) is 9.43. The van der Waals surface area contributed by atoms with E-state index in [9.17, 15) is 0 Å². The minimum atomic E-state index is 0. The van der Waals surface area contributed by atoms with E-state index in [-0.39, 0.29) is 24.0 Å². The third-order valence-corrected chi connectivity index (χ3v) is 3.99. The second-order valence-electron chi connectivity index (χ2n) is 4.93. The Morgan fingerprint density at radius 3 is 2.46 bits per heavy atom. The molecule has 0 aliphatic heterocycles. The van der Waals surface area contributed by atoms with Crippen molar-refractivity contribution in [2.75, 3.05) is 19.0 Å². The quantitative estimate of drug-likeness (QED) is 0.357. The average molecular weight is 480 g/mol. The molecule has 130 valence electrons. The van der Waals surface area contributed by atoms with E-state index in [0.29, 0.717) is 35.6 Å². The van der Waals surface area contributed by atoms with Gasteiger partial charge in [0.1, 0.15) is 0 Å². The standard InChI is InChI=1S/C17H19Cl2N3O.HI/c1-23-11-12-5-2-3-8-16(12)22-17(20)21-10-9-13-14(18)6-4-7-15(13)19;/h2-8H,9-11H2,1H3,(H3,20,21,22);1H. The summed E-state index contributed by atoms with van der Waals surface area (Å²) in [7, 11) is 1.65. The Balaban J connectivity index is 0.00000288. The van der Waals surface area contributed by atoms with Crippen LogP contribution in [0.25, 0.3) is 0 Å². The number of halogens is 3. The first-order chi connectivity index (χ1) is 11.1. The van der Waals surface area contributed by atoms with Crippen LogP contribution < -0.4 is 11.1 Å². The lowest BCUT2D eigenvalue weighted by molar-refractivity contribution is 0.185. The highest BCUT2D eigenvalue weighted by Gasteiger charge is 2.05. The van der Waals surface area contributed by atoms with Crippen LogP contribution in [-0.4, -0.2) is 19.6 Å². The number of nitrogens with two attached hydrogens (primary N) is 1. The molecule has 0 saturated heterocycles. The summed E-state index contributed by atoms with van der Waals surface area (Å²) in [6, 6.07) is 13.2. The predicted molar refractivity (Wildman–Crippen MR) is 113 cm³/mol. The summed E-state index contributed by atoms with van der Waals surface area (Å²) in [5, 5.41) is 4.38. The van der Waals surface area contributed by atoms with Crippen LogP contribution in [0.3, 0.4) is 0 Å². The molecule has 0 unspecified atom stereocenters. The van der Waals surface area contributed by atoms with Crippen LogP contribution >= 0.6 is 47.2 Å². The molecule has 0 bridgehead atoms. The smallest absolute Gasteiger partial charge is 0.193 e. The molecule has 0 saturated carbocycles. The first-order valence-corrected chi connectivity index (χ1v) is 7.94. The Morgan fingerprint density at radius 2 is 1.79 bits per heavy atom. The number of aliphatic imine (C=N–C) groups is 1. The molecule has 2 rings (SSSR count). The van der Waals surface area contributed by atoms with Crippen molar-refractivity contribution in [2.45, 2.75) is 13.0 Å². The molecule has 0 atom stereocenters. The van der Waals surface area contributed by atoms with E-state index in [1.54, 1.807) is 7.11 Å². The molecule has 2 aromatic rings. The number of hydrogen-bond acceptors (Lipinski definition) is 2. The van der Waals surface area contributed by atoms with Gasteiger partial charge in [-0.15, -0.1) is 24.0 Å². The van der Waals surface area contributed by atoms with Crippen molar-refractivity contribution >= 4 is 58.8 Å². The fraction of sp³-hybridized carbons (Fsp3) is 0.235. The van der Waals surface area contributed by atoms with E-state index < -0.39 is 0 Å². The van der Waals surface area contributed by atoms with Gasteiger partial charge in [-0.1, -0.05) is 47.5 Å². The largest absolute Gasteiger partial charge is 0.380 e. The Labute approximate surface area is 169 Å². The Hall–Kier alpha value is -1.02. The summed E-state index contributed by atoms with van der Waals surface area (Å²) in [6.45, 7) is 1.00. The monoisotopic (exact) mass is 479 g/mol. The van der Waals surface area contributed by atoms with Crippen molar-refractivity contribution < 1.29 is 4.74 Å². The molecule has 24 heavy (non-hydrogen) atoms. The fourth-order valence-corrected chi connectivity index (χ4v) is 2.75. The van der Waals surface area contributed by atoms with E-state index >= 15 is 0 Å². The number of benzene rings is 2. The zero-order valence-corrected chi connectivity index (χ0v) is 17.1. The molecule has 0 spiro atoms. The fourth-order valence-electron chi connectivity index (χ4n) is 2.16. The van der Waals surface area contributed by atoms with Crippen LogP contribution in [0.2, 0.25) is 10.0 Å². The van der Waals surface area contributed by atoms with Gasteiger partial charge in [0.25, 0.3) is 0 Å². The van der Waals surface area contributed by atoms with Gasteiger partial charge in [-0.05, 0) is 30.2 Å². The number of nitrogens with zero attached hydrogens (tertiary/aromatic N) is 1. The zero-order valence-electron chi connectivity index (χ0n) is 13.3. The maximum Gasteiger partial charge on any atom is 0.193 e. The van der Waals surface area contributed by atoms with Crippen molar-refractivity contribution in [1.29, 1.82) is 0 Å². The van der Waals surface area contributed by atoms with Gasteiger partial charge in [-0.25, -0.2) is 0 Å². The van der Waals surface area contributed by atoms with Crippen molar-refractivity contribution in [1.82, 2.24) is 0 Å². The van der Waals surface area contributed by atoms with E-state index in [4.69, 9.17) is 33.7 Å². The maximum absolute atomic E-state index is 6.14. The van der Waals surface area contributed by atoms with E-state index in [1.807, 2.05) is 42.5 Å². The van der Waals surface area contributed by atoms with Crippen molar-refractivity contribution in [3.63, 3.8) is 0 Å². The number of para-hydroxylation sites is 1. The SMILES string of the molecule is COCc1ccccc1NC(N)=NCCc1c(Cl)cccc1Cl.I. The topological polar surface area (TPSA) is 59.6 Å². The lowest BCUT2D eigenvalue weighted by atomic mass is 10.1. The molecule has 0 fully saturated rings. The van der Waals surface area contributed by atoms with Gasteiger partial charge in [-0.2, -0.15) is 0 Å². The summed E-state index contributed by atoms with van der Waals surface area (Å²) >= 11 is 12.3. The maximum atomic E-state index is 6.14. The first kappa shape index (κ1) is 21.0. The third-order valence-electron chi connectivity index (χ3n) is 3.29. The summed E-state index contributed by atoms with van der Waals surface area (Å²) in [4.78, 5) is 4.32. The highest BCUT2D eigenvalue weighted by Crippen LogP contribution is 2.24. The molecule has 3 N–H and O–H groups in total. The summed E-state index contributed by atoms with van der Waals surface area (Å²) < 4.78 is 5.17. The number of guanidine groups is 1. The average Bonchev–Trinajstić information content (AvgIpc) is 2.52. The van der Waals surface area contributed by atoms with Gasteiger partial charge < -0.3 is 15.8 Å². The number of rotatable bonds is 6. The Morgan fingerprint density at radius 1 is 1.12 bits per heavy atom. The third kappa shape index (κ3) is 6.12. The number of hydrogen-bond donors (Lipinski definition) is 2. The molecule has 4 nitrogen and oxygen atoms in total. The molecule has 7 heteroatoms. The molecular formula is C17H20Cl2IN3O. The number of methoxy groups -OCH3 is 1. The predicted octanol–water partition coefficient (Wildman–Crippen LogP) is 4.73. The Bertz CT molecular complexity index is 675. The summed E-state index contributed by atoms with van der Waals surface area (Å²) in [5.41, 5.74) is 8.72. The highest BCUT2D eigenvalue weighted by atomic mass is 127. The molecule has 0 amide bonds. The summed E-state index contributed by atoms with van der Waals surface area (Å²) in [5.74, 6) is 0.344. The van der Waals surface area contributed by atoms with Gasteiger partial charge in [0.2, 0.25) is 0 Å². The minimum absolute atomic E-state index is 0. The van der Waals surface area contributed by atoms with Gasteiger partial charge >= 0.3 is 0 Å². The van der Waals surface area contributed by atoms with Crippen LogP contribution in [0, 0.1) is 0 Å². The first-order valence-electron chi connectivity index (χ1n) is 7.18. The van der Waals surface area contributed by atoms with E-state index in [1.165, 1.54) is 0 Å². The molecule has 0 aliphatic rings. The van der Waals surface area contributed by atoms with Gasteiger partial charge in [0, 0.05) is 35.0 Å². The van der Waals surface area contributed by atoms with Gasteiger partial charge in [-0.3, -0.25) is 4.99 Å². The van der Waals surface area contributed by atoms with Crippen molar-refractivity contribution in [3.8, 4) is 0 Å². The van der Waals surface area contributed by atoms with Crippen LogP contribution in [0.1, 0.15) is 11.1 Å².